The molecule has 1 N–H and O–H groups in total. The van der Waals surface area contributed by atoms with Crippen molar-refractivity contribution in [1.29, 1.82) is 0 Å². The van der Waals surface area contributed by atoms with Crippen LogP contribution in [0.4, 0.5) is 26.3 Å². The van der Waals surface area contributed by atoms with E-state index in [9.17, 15) is 31.1 Å². The van der Waals surface area contributed by atoms with Crippen molar-refractivity contribution in [2.24, 2.45) is 0 Å². The van der Waals surface area contributed by atoms with Crippen LogP contribution < -0.4 is 9.47 Å². The highest BCUT2D eigenvalue weighted by atomic mass is 19.4. The fraction of sp³-hybridized carbons (Fsp3) is 0.103. The van der Waals surface area contributed by atoms with E-state index in [1.807, 2.05) is 0 Å². The number of nitrogens with zero attached hydrogens (tertiary/aromatic N) is 1. The lowest BCUT2D eigenvalue weighted by atomic mass is 9.98. The number of carbonyl (C=O) groups is 1. The zero-order chi connectivity index (χ0) is 28.6. The second kappa shape index (κ2) is 10.4. The first-order valence-electron chi connectivity index (χ1n) is 11.7. The molecule has 11 heteroatoms. The Kier molecular flexibility index (Phi) is 6.97. The summed E-state index contributed by atoms with van der Waals surface area (Å²) in [7, 11) is 1.52. The first-order valence-corrected chi connectivity index (χ1v) is 11.7. The number of hydrogen-bond donors (Lipinski definition) is 1. The Labute approximate surface area is 223 Å². The first kappa shape index (κ1) is 26.8. The minimum Gasteiger partial charge on any atom is -0.497 e. The van der Waals surface area contributed by atoms with E-state index in [-0.39, 0.29) is 34.5 Å². The van der Waals surface area contributed by atoms with Crippen molar-refractivity contribution >= 4 is 16.7 Å². The van der Waals surface area contributed by atoms with Crippen molar-refractivity contribution in [3.63, 3.8) is 0 Å². The Morgan fingerprint density at radius 1 is 0.950 bits per heavy atom. The van der Waals surface area contributed by atoms with Gasteiger partial charge in [0.25, 0.3) is 0 Å². The summed E-state index contributed by atoms with van der Waals surface area (Å²) in [5.74, 6) is -5.12. The minimum atomic E-state index is -4.77. The van der Waals surface area contributed by atoms with Gasteiger partial charge in [0.1, 0.15) is 12.4 Å². The molecular formula is C29H18F6N2O3. The summed E-state index contributed by atoms with van der Waals surface area (Å²) in [5, 5.41) is 0.173. The van der Waals surface area contributed by atoms with Crippen LogP contribution in [0.25, 0.3) is 22.2 Å². The molecule has 2 aromatic heterocycles. The van der Waals surface area contributed by atoms with Crippen LogP contribution in [-0.2, 0) is 12.8 Å². The van der Waals surface area contributed by atoms with E-state index in [0.717, 1.165) is 17.7 Å². The number of nitrogens with one attached hydrogen (secondary N) is 1. The zero-order valence-electron chi connectivity index (χ0n) is 20.6. The van der Waals surface area contributed by atoms with Gasteiger partial charge < -0.3 is 14.5 Å². The van der Waals surface area contributed by atoms with Crippen molar-refractivity contribution in [2.75, 3.05) is 7.11 Å². The molecule has 0 saturated carbocycles. The van der Waals surface area contributed by atoms with Gasteiger partial charge in [-0.25, -0.2) is 18.2 Å². The molecule has 204 valence electrons. The number of fused-ring (bicyclic) bond motifs is 1. The maximum Gasteiger partial charge on any atom is 0.418 e. The smallest absolute Gasteiger partial charge is 0.418 e. The third kappa shape index (κ3) is 5.09. The van der Waals surface area contributed by atoms with Gasteiger partial charge in [-0.15, -0.1) is 0 Å². The van der Waals surface area contributed by atoms with Gasteiger partial charge in [-0.05, 0) is 35.9 Å². The molecule has 0 radical (unpaired) electrons. The molecule has 0 spiro atoms. The Hall–Kier alpha value is -4.80. The van der Waals surface area contributed by atoms with Gasteiger partial charge in [0.15, 0.2) is 23.2 Å². The molecule has 40 heavy (non-hydrogen) atoms. The maximum atomic E-state index is 14.0. The third-order valence-electron chi connectivity index (χ3n) is 6.18. The van der Waals surface area contributed by atoms with E-state index in [1.165, 1.54) is 31.5 Å². The van der Waals surface area contributed by atoms with Crippen LogP contribution in [0.1, 0.15) is 27.0 Å². The van der Waals surface area contributed by atoms with E-state index >= 15 is 0 Å². The molecule has 5 nitrogen and oxygen atoms in total. The molecule has 0 fully saturated rings. The number of para-hydroxylation sites is 1. The van der Waals surface area contributed by atoms with Gasteiger partial charge in [0.2, 0.25) is 5.88 Å². The largest absolute Gasteiger partial charge is 0.497 e. The number of alkyl halides is 3. The van der Waals surface area contributed by atoms with Crippen LogP contribution in [0.2, 0.25) is 0 Å². The first-order chi connectivity index (χ1) is 19.1. The van der Waals surface area contributed by atoms with Gasteiger partial charge in [-0.1, -0.05) is 30.3 Å². The van der Waals surface area contributed by atoms with Gasteiger partial charge in [-0.2, -0.15) is 13.2 Å². The summed E-state index contributed by atoms with van der Waals surface area (Å²) in [6.07, 6.45) is -3.57. The van der Waals surface area contributed by atoms with Crippen LogP contribution in [0.15, 0.2) is 72.9 Å². The number of aromatic nitrogens is 2. The summed E-state index contributed by atoms with van der Waals surface area (Å²) < 4.78 is 93.6. The Morgan fingerprint density at radius 3 is 2.30 bits per heavy atom. The highest BCUT2D eigenvalue weighted by molar-refractivity contribution is 6.17. The van der Waals surface area contributed by atoms with Gasteiger partial charge in [-0.3, -0.25) is 4.79 Å². The predicted molar refractivity (Wildman–Crippen MR) is 134 cm³/mol. The Bertz CT molecular complexity index is 1710. The molecule has 5 rings (SSSR count). The number of benzene rings is 3. The van der Waals surface area contributed by atoms with Crippen molar-refractivity contribution in [2.45, 2.75) is 12.8 Å². The van der Waals surface area contributed by atoms with Crippen LogP contribution in [0.3, 0.4) is 0 Å². The van der Waals surface area contributed by atoms with Crippen LogP contribution in [0, 0.1) is 17.5 Å². The fourth-order valence-corrected chi connectivity index (χ4v) is 4.22. The molecular weight excluding hydrogens is 538 g/mol. The molecule has 0 saturated heterocycles. The normalized spacial score (nSPS) is 11.6. The number of methoxy groups -OCH3 is 1. The lowest BCUT2D eigenvalue weighted by molar-refractivity contribution is -0.137. The molecule has 0 atom stereocenters. The number of H-pyrrole nitrogens is 1. The molecule has 0 bridgehead atoms. The SMILES string of the molecule is COc1ccc(COc2ccc(C(F)(F)F)c(-c3cccc4c(C(=O)c5cc(F)c(F)c(F)c5)c[nH]c34)n2)cc1. The summed E-state index contributed by atoms with van der Waals surface area (Å²) in [4.78, 5) is 19.9. The quantitative estimate of drug-likeness (QED) is 0.128. The van der Waals surface area contributed by atoms with E-state index < -0.39 is 46.2 Å². The van der Waals surface area contributed by atoms with Crippen molar-refractivity contribution < 1.29 is 40.6 Å². The molecule has 0 unspecified atom stereocenters. The highest BCUT2D eigenvalue weighted by Gasteiger charge is 2.35. The van der Waals surface area contributed by atoms with Crippen LogP contribution >= 0.6 is 0 Å². The van der Waals surface area contributed by atoms with E-state index in [4.69, 9.17) is 9.47 Å². The highest BCUT2D eigenvalue weighted by Crippen LogP contribution is 2.40. The maximum absolute atomic E-state index is 14.0. The van der Waals surface area contributed by atoms with E-state index in [0.29, 0.717) is 17.9 Å². The summed E-state index contributed by atoms with van der Waals surface area (Å²) in [6, 6.07) is 14.2. The standard InChI is InChI=1S/C29H18F6N2O3/c1-39-17-7-5-15(6-8-17)14-40-24-10-9-21(29(33,34)35)27(37-24)19-4-2-3-18-20(13-36-26(18)19)28(38)16-11-22(30)25(32)23(31)12-16/h2-13,36H,14H2,1H3. The lowest BCUT2D eigenvalue weighted by Gasteiger charge is -2.15. The number of hydrogen-bond acceptors (Lipinski definition) is 4. The Balaban J connectivity index is 1.55. The molecule has 0 aliphatic carbocycles. The number of ether oxygens (including phenoxy) is 2. The zero-order valence-corrected chi connectivity index (χ0v) is 20.6. The molecule has 5 aromatic rings. The minimum absolute atomic E-state index is 0.00948. The second-order valence-corrected chi connectivity index (χ2v) is 8.69. The summed E-state index contributed by atoms with van der Waals surface area (Å²) in [6.45, 7) is 0.0257. The van der Waals surface area contributed by atoms with Crippen LogP contribution in [-0.4, -0.2) is 22.9 Å². The average Bonchev–Trinajstić information content (AvgIpc) is 3.38. The lowest BCUT2D eigenvalue weighted by Crippen LogP contribution is -2.10. The number of rotatable bonds is 7. The van der Waals surface area contributed by atoms with Crippen molar-refractivity contribution in [3.05, 3.63) is 113 Å². The molecule has 0 aliphatic rings. The number of pyridine rings is 1. The van der Waals surface area contributed by atoms with Crippen molar-refractivity contribution in [3.8, 4) is 22.9 Å². The topological polar surface area (TPSA) is 64.2 Å². The number of ketones is 1. The van der Waals surface area contributed by atoms with Gasteiger partial charge in [0.05, 0.1) is 23.9 Å². The van der Waals surface area contributed by atoms with Crippen LogP contribution in [0.5, 0.6) is 11.6 Å². The molecule has 3 aromatic carbocycles. The number of halogens is 6. The fourth-order valence-electron chi connectivity index (χ4n) is 4.22. The number of carbonyl (C=O) groups excluding carboxylic acids is 1. The van der Waals surface area contributed by atoms with Gasteiger partial charge in [0, 0.05) is 34.3 Å². The van der Waals surface area contributed by atoms with E-state index in [1.54, 1.807) is 24.3 Å². The Morgan fingerprint density at radius 2 is 1.65 bits per heavy atom. The molecule has 0 amide bonds. The van der Waals surface area contributed by atoms with E-state index in [2.05, 4.69) is 9.97 Å². The van der Waals surface area contributed by atoms with Crippen molar-refractivity contribution in [1.82, 2.24) is 9.97 Å². The molecule has 0 aliphatic heterocycles. The predicted octanol–water partition coefficient (Wildman–Crippen LogP) is 7.48. The average molecular weight is 556 g/mol. The summed E-state index contributed by atoms with van der Waals surface area (Å²) in [5.41, 5.74) is -1.18. The number of aromatic amines is 1. The monoisotopic (exact) mass is 556 g/mol. The molecule has 2 heterocycles. The second-order valence-electron chi connectivity index (χ2n) is 8.69. The third-order valence-corrected chi connectivity index (χ3v) is 6.18. The summed E-state index contributed by atoms with van der Waals surface area (Å²) >= 11 is 0. The van der Waals surface area contributed by atoms with Gasteiger partial charge >= 0.3 is 6.18 Å².